The number of aliphatic hydroxyl groups excluding tert-OH is 1. The van der Waals surface area contributed by atoms with Crippen LogP contribution in [0, 0.1) is 40.4 Å². The summed E-state index contributed by atoms with van der Waals surface area (Å²) in [6.07, 6.45) is 6.15. The Morgan fingerprint density at radius 2 is 2.00 bits per heavy atom. The van der Waals surface area contributed by atoms with Crippen molar-refractivity contribution in [2.45, 2.75) is 83.9 Å². The van der Waals surface area contributed by atoms with Crippen molar-refractivity contribution in [3.8, 4) is 0 Å². The summed E-state index contributed by atoms with van der Waals surface area (Å²) in [7, 11) is 3.51. The van der Waals surface area contributed by atoms with E-state index in [2.05, 4.69) is 26.8 Å². The zero-order valence-electron chi connectivity index (χ0n) is 20.4. The van der Waals surface area contributed by atoms with Gasteiger partial charge in [0.05, 0.1) is 6.10 Å². The van der Waals surface area contributed by atoms with Crippen LogP contribution in [-0.4, -0.2) is 56.0 Å². The van der Waals surface area contributed by atoms with Crippen LogP contribution < -0.4 is 0 Å². The van der Waals surface area contributed by atoms with Crippen molar-refractivity contribution in [3.63, 3.8) is 0 Å². The molecule has 4 fully saturated rings. The second-order valence-electron chi connectivity index (χ2n) is 11.6. The van der Waals surface area contributed by atoms with Crippen LogP contribution in [0.5, 0.6) is 0 Å². The molecule has 0 spiro atoms. The summed E-state index contributed by atoms with van der Waals surface area (Å²) < 4.78 is 23.4. The number of rotatable bonds is 5. The van der Waals surface area contributed by atoms with Gasteiger partial charge in [0, 0.05) is 33.2 Å². The Kier molecular flexibility index (Phi) is 5.37. The Bertz CT molecular complexity index is 810. The van der Waals surface area contributed by atoms with Crippen LogP contribution >= 0.6 is 0 Å². The Morgan fingerprint density at radius 1 is 1.25 bits per heavy atom. The van der Waals surface area contributed by atoms with E-state index in [4.69, 9.17) is 18.9 Å². The van der Waals surface area contributed by atoms with Crippen molar-refractivity contribution in [2.75, 3.05) is 20.8 Å². The highest BCUT2D eigenvalue weighted by atomic mass is 16.8. The maximum atomic E-state index is 11.7. The minimum atomic E-state index is -0.769. The highest BCUT2D eigenvalue weighted by molar-refractivity contribution is 5.66. The number of hydrogen-bond acceptors (Lipinski definition) is 6. The molecule has 0 radical (unpaired) electrons. The normalized spacial score (nSPS) is 52.1. The molecular weight excluding hydrogens is 408 g/mol. The Balaban J connectivity index is 1.50. The van der Waals surface area contributed by atoms with Gasteiger partial charge >= 0.3 is 5.97 Å². The third-order valence-electron chi connectivity index (χ3n) is 10.4. The maximum Gasteiger partial charge on any atom is 0.303 e. The lowest BCUT2D eigenvalue weighted by molar-refractivity contribution is -0.183. The monoisotopic (exact) mass is 448 g/mol. The lowest BCUT2D eigenvalue weighted by Gasteiger charge is -2.60. The smallest absolute Gasteiger partial charge is 0.303 e. The van der Waals surface area contributed by atoms with Crippen LogP contribution in [-0.2, 0) is 23.7 Å². The molecule has 180 valence electrons. The minimum Gasteiger partial charge on any atom is -0.455 e. The van der Waals surface area contributed by atoms with E-state index >= 15 is 0 Å². The number of ether oxygens (including phenoxy) is 4. The molecule has 3 saturated carbocycles. The zero-order chi connectivity index (χ0) is 23.1. The van der Waals surface area contributed by atoms with E-state index in [9.17, 15) is 9.90 Å². The molecule has 1 aliphatic heterocycles. The second kappa shape index (κ2) is 7.53. The first-order valence-electron chi connectivity index (χ1n) is 12.4. The Labute approximate surface area is 192 Å². The minimum absolute atomic E-state index is 0.233. The SMILES string of the molecule is COCC(C)[C@H]1CCC2C3C(CC[C@@]21C)[C@]1(C)C(=C[C@@H](OC(C)=O)[C@@H]2O[C@]21OC)C[C@H]3O. The molecule has 1 saturated heterocycles. The topological polar surface area (TPSA) is 77.5 Å². The van der Waals surface area contributed by atoms with Gasteiger partial charge in [-0.15, -0.1) is 0 Å². The molecule has 0 amide bonds. The van der Waals surface area contributed by atoms with E-state index in [1.54, 1.807) is 14.2 Å². The van der Waals surface area contributed by atoms with Gasteiger partial charge in [-0.25, -0.2) is 0 Å². The molecule has 11 atom stereocenters. The lowest BCUT2D eigenvalue weighted by atomic mass is 9.45. The lowest BCUT2D eigenvalue weighted by Crippen LogP contribution is -2.61. The highest BCUT2D eigenvalue weighted by Crippen LogP contribution is 2.72. The Hall–Kier alpha value is -0.950. The van der Waals surface area contributed by atoms with Crippen molar-refractivity contribution < 1.29 is 28.8 Å². The first-order valence-corrected chi connectivity index (χ1v) is 12.4. The Morgan fingerprint density at radius 3 is 2.66 bits per heavy atom. The fraction of sp³-hybridized carbons (Fsp3) is 0.885. The standard InChI is InChI=1S/C26H40O6/c1-14(13-29-5)17-7-8-18-22-19(9-10-24(17,18)3)25(4)16(11-20(22)28)12-21(31-15(2)27)23-26(25,30-6)32-23/h12,14,17-23,28H,7-11,13H2,1-6H3/t14?,17-,18?,19?,20-,21-,22?,23+,24-,25+,26-/m1/s1. The van der Waals surface area contributed by atoms with Gasteiger partial charge in [0.1, 0.15) is 0 Å². The zero-order valence-corrected chi connectivity index (χ0v) is 20.4. The number of hydrogen-bond donors (Lipinski definition) is 1. The van der Waals surface area contributed by atoms with Crippen molar-refractivity contribution >= 4 is 5.97 Å². The number of carbonyl (C=O) groups excluding carboxylic acids is 1. The maximum absolute atomic E-state index is 11.7. The van der Waals surface area contributed by atoms with Crippen molar-refractivity contribution in [3.05, 3.63) is 11.6 Å². The first-order chi connectivity index (χ1) is 15.1. The molecule has 4 aliphatic carbocycles. The van der Waals surface area contributed by atoms with Gasteiger partial charge in [-0.2, -0.15) is 0 Å². The molecule has 5 rings (SSSR count). The van der Waals surface area contributed by atoms with Crippen LogP contribution in [0.4, 0.5) is 0 Å². The van der Waals surface area contributed by atoms with Gasteiger partial charge in [0.25, 0.3) is 0 Å². The van der Waals surface area contributed by atoms with E-state index in [-0.39, 0.29) is 40.8 Å². The molecular formula is C26H40O6. The molecule has 6 heteroatoms. The molecule has 1 N–H and O–H groups in total. The average Bonchev–Trinajstić information content (AvgIpc) is 3.40. The summed E-state index contributed by atoms with van der Waals surface area (Å²) in [4.78, 5) is 11.7. The molecule has 32 heavy (non-hydrogen) atoms. The van der Waals surface area contributed by atoms with Gasteiger partial charge in [-0.3, -0.25) is 4.79 Å². The number of fused-ring (bicyclic) bond motifs is 7. The quantitative estimate of drug-likeness (QED) is 0.392. The summed E-state index contributed by atoms with van der Waals surface area (Å²) in [5.41, 5.74) is 1.06. The van der Waals surface area contributed by atoms with Gasteiger partial charge in [-0.1, -0.05) is 26.3 Å². The van der Waals surface area contributed by atoms with E-state index in [0.717, 1.165) is 25.0 Å². The number of carbonyl (C=O) groups is 1. The summed E-state index contributed by atoms with van der Waals surface area (Å²) in [5.74, 6) is 1.09. The predicted molar refractivity (Wildman–Crippen MR) is 119 cm³/mol. The van der Waals surface area contributed by atoms with Crippen LogP contribution in [0.2, 0.25) is 0 Å². The molecule has 4 unspecified atom stereocenters. The molecule has 1 heterocycles. The van der Waals surface area contributed by atoms with E-state index in [0.29, 0.717) is 24.2 Å². The van der Waals surface area contributed by atoms with Crippen molar-refractivity contribution in [2.24, 2.45) is 40.4 Å². The summed E-state index contributed by atoms with van der Waals surface area (Å²) in [6.45, 7) is 9.30. The van der Waals surface area contributed by atoms with Gasteiger partial charge in [-0.05, 0) is 73.2 Å². The predicted octanol–water partition coefficient (Wildman–Crippen LogP) is 3.71. The van der Waals surface area contributed by atoms with E-state index in [1.807, 2.05) is 0 Å². The summed E-state index contributed by atoms with van der Waals surface area (Å²) in [5, 5.41) is 11.5. The van der Waals surface area contributed by atoms with Gasteiger partial charge < -0.3 is 24.1 Å². The van der Waals surface area contributed by atoms with Gasteiger partial charge in [0.2, 0.25) is 5.79 Å². The molecule has 6 nitrogen and oxygen atoms in total. The fourth-order valence-electron chi connectivity index (χ4n) is 9.10. The van der Waals surface area contributed by atoms with Crippen LogP contribution in [0.15, 0.2) is 11.6 Å². The summed E-state index contributed by atoms with van der Waals surface area (Å²) in [6, 6.07) is 0. The largest absolute Gasteiger partial charge is 0.455 e. The average molecular weight is 449 g/mol. The summed E-state index contributed by atoms with van der Waals surface area (Å²) >= 11 is 0. The van der Waals surface area contributed by atoms with Crippen molar-refractivity contribution in [1.82, 2.24) is 0 Å². The molecule has 0 aromatic carbocycles. The van der Waals surface area contributed by atoms with Crippen molar-refractivity contribution in [1.29, 1.82) is 0 Å². The third-order valence-corrected chi connectivity index (χ3v) is 10.4. The number of methoxy groups -OCH3 is 2. The van der Waals surface area contributed by atoms with Crippen LogP contribution in [0.25, 0.3) is 0 Å². The molecule has 5 aliphatic rings. The van der Waals surface area contributed by atoms with Crippen LogP contribution in [0.3, 0.4) is 0 Å². The first kappa shape index (κ1) is 22.8. The molecule has 0 bridgehead atoms. The number of aliphatic hydroxyl groups is 1. The molecule has 0 aromatic heterocycles. The third kappa shape index (κ3) is 2.82. The van der Waals surface area contributed by atoms with E-state index in [1.165, 1.54) is 19.8 Å². The highest BCUT2D eigenvalue weighted by Gasteiger charge is 2.78. The fourth-order valence-corrected chi connectivity index (χ4v) is 9.10. The second-order valence-corrected chi connectivity index (χ2v) is 11.6. The van der Waals surface area contributed by atoms with Crippen LogP contribution in [0.1, 0.15) is 59.8 Å². The van der Waals surface area contributed by atoms with E-state index < -0.39 is 11.9 Å². The van der Waals surface area contributed by atoms with Gasteiger partial charge in [0.15, 0.2) is 12.2 Å². The number of epoxide rings is 1. The molecule has 0 aromatic rings. The number of esters is 1.